The van der Waals surface area contributed by atoms with E-state index in [9.17, 15) is 0 Å². The molecule has 5 aliphatic carbocycles. The summed E-state index contributed by atoms with van der Waals surface area (Å²) in [6, 6.07) is 0. The third-order valence-electron chi connectivity index (χ3n) is 8.34. The summed E-state index contributed by atoms with van der Waals surface area (Å²) in [5.74, 6) is -3.84. The Morgan fingerprint density at radius 3 is 0.889 bits per heavy atom. The predicted molar refractivity (Wildman–Crippen MR) is 160 cm³/mol. The molecule has 0 N–H and O–H groups in total. The van der Waals surface area contributed by atoms with Crippen molar-refractivity contribution in [3.8, 4) is 0 Å². The summed E-state index contributed by atoms with van der Waals surface area (Å²) < 4.78 is -4.01. The third kappa shape index (κ3) is 2.54. The van der Waals surface area contributed by atoms with Crippen LogP contribution in [0.2, 0.25) is 20.1 Å². The fourth-order valence-corrected chi connectivity index (χ4v) is 14.2. The molecule has 6 rings (SSSR count). The van der Waals surface area contributed by atoms with Crippen LogP contribution in [0.25, 0.3) is 0 Å². The number of hydrogen-bond acceptors (Lipinski definition) is 0. The Labute approximate surface area is 285 Å². The molecule has 8 atom stereocenters. The highest BCUT2D eigenvalue weighted by Gasteiger charge is 2.92. The van der Waals surface area contributed by atoms with E-state index in [4.69, 9.17) is 186 Å². The van der Waals surface area contributed by atoms with E-state index in [2.05, 4.69) is 0 Å². The zero-order valence-corrected chi connectivity index (χ0v) is 28.5. The van der Waals surface area contributed by atoms with E-state index in [1.54, 1.807) is 0 Å². The van der Waals surface area contributed by atoms with Crippen LogP contribution < -0.4 is 0 Å². The first-order chi connectivity index (χ1) is 16.3. The van der Waals surface area contributed by atoms with Crippen molar-refractivity contribution in [2.45, 2.75) is 40.0 Å². The van der Waals surface area contributed by atoms with Gasteiger partial charge in [0.05, 0.1) is 40.2 Å². The molecule has 0 aliphatic heterocycles. The molecule has 0 radical (unpaired) electrons. The number of halogens is 16. The second-order valence-corrected chi connectivity index (χ2v) is 17.4. The summed E-state index contributed by atoms with van der Waals surface area (Å²) in [4.78, 5) is -7.28. The van der Waals surface area contributed by atoms with E-state index in [1.807, 2.05) is 0 Å². The lowest BCUT2D eigenvalue weighted by Crippen LogP contribution is -2.53. The molecule has 0 saturated heterocycles. The topological polar surface area (TPSA) is 0 Å². The minimum Gasteiger partial charge on any atom is -0.109 e. The largest absolute Gasteiger partial charge is 0.167 e. The average molecular weight is 811 g/mol. The van der Waals surface area contributed by atoms with Crippen molar-refractivity contribution in [2.24, 2.45) is 11.8 Å². The smallest absolute Gasteiger partial charge is 0.109 e. The Kier molecular flexibility index (Phi) is 6.60. The van der Waals surface area contributed by atoms with Crippen LogP contribution in [0.5, 0.6) is 0 Å². The van der Waals surface area contributed by atoms with Crippen LogP contribution in [-0.2, 0) is 0 Å². The maximum absolute atomic E-state index is 7.28. The second-order valence-electron chi connectivity index (χ2n) is 9.34. The first kappa shape index (κ1) is 29.4. The van der Waals surface area contributed by atoms with Crippen LogP contribution >= 0.6 is 186 Å². The lowest BCUT2D eigenvalue weighted by atomic mass is 9.57. The van der Waals surface area contributed by atoms with Gasteiger partial charge in [-0.15, -0.1) is 46.4 Å². The maximum Gasteiger partial charge on any atom is 0.167 e. The Balaban J connectivity index is 1.86. The zero-order valence-electron chi connectivity index (χ0n) is 16.4. The summed E-state index contributed by atoms with van der Waals surface area (Å²) in [5.41, 5.74) is 0.593. The van der Waals surface area contributed by atoms with Crippen molar-refractivity contribution in [1.29, 1.82) is 0 Å². The summed E-state index contributed by atoms with van der Waals surface area (Å²) in [7, 11) is 0. The fraction of sp³-hybridized carbons (Fsp3) is 0.500. The first-order valence-corrected chi connectivity index (χ1v) is 15.8. The molecular weight excluding hydrogens is 807 g/mol. The Hall–Kier alpha value is 3.34. The van der Waals surface area contributed by atoms with Gasteiger partial charge in [0, 0.05) is 23.7 Å². The maximum atomic E-state index is 7.28. The molecular formula is C20H4Cl16. The Morgan fingerprint density at radius 2 is 0.611 bits per heavy atom. The van der Waals surface area contributed by atoms with Crippen LogP contribution in [0.15, 0.2) is 20.1 Å². The first-order valence-electron chi connectivity index (χ1n) is 9.76. The van der Waals surface area contributed by atoms with Crippen molar-refractivity contribution in [2.75, 3.05) is 0 Å². The SMILES string of the molecule is ClC1=C(Cl)[C@@]2(Cl)[C@H]3c4c(Cl)c(Cl)c(Cl)c(Cl)c4[C@@H]4[C@H]([C@@H]3[C@@]1(Cl)C2(Cl)Cl)[C@@]1(Cl)C(Cl)=C(Cl)[C@@]4(Cl)C1(Cl)Cl. The second kappa shape index (κ2) is 8.08. The molecule has 4 bridgehead atoms. The quantitative estimate of drug-likeness (QED) is 0.139. The Bertz CT molecular complexity index is 1280. The Morgan fingerprint density at radius 1 is 0.361 bits per heavy atom. The predicted octanol–water partition coefficient (Wildman–Crippen LogP) is 12.4. The standard InChI is InChI=1S/C20H4Cl16/c21-7-1-2(8(22)10(24)9(7)23)4-6(18(32)14(28)12(26)16(4,30)20(18,35)36)5-3(1)15(29)11(25)13(27)17(5,31)19(15,33)34/h3-6H/t3-,4+,5-,6-,15-,16+,17-,18+/m1/s1. The van der Waals surface area contributed by atoms with E-state index in [0.717, 1.165) is 0 Å². The van der Waals surface area contributed by atoms with E-state index < -0.39 is 51.8 Å². The van der Waals surface area contributed by atoms with Crippen molar-refractivity contribution < 1.29 is 0 Å². The van der Waals surface area contributed by atoms with Gasteiger partial charge in [0.1, 0.15) is 19.5 Å². The zero-order chi connectivity index (χ0) is 27.1. The van der Waals surface area contributed by atoms with Gasteiger partial charge in [-0.3, -0.25) is 0 Å². The van der Waals surface area contributed by atoms with E-state index in [1.165, 1.54) is 0 Å². The van der Waals surface area contributed by atoms with Crippen molar-refractivity contribution in [3.63, 3.8) is 0 Å². The number of rotatable bonds is 0. The lowest BCUT2D eigenvalue weighted by Gasteiger charge is -2.53. The summed E-state index contributed by atoms with van der Waals surface area (Å²) >= 11 is 110. The van der Waals surface area contributed by atoms with E-state index >= 15 is 0 Å². The summed E-state index contributed by atoms with van der Waals surface area (Å²) in [5, 5.41) is -0.425. The summed E-state index contributed by atoms with van der Waals surface area (Å²) in [6.07, 6.45) is 0. The molecule has 36 heavy (non-hydrogen) atoms. The lowest BCUT2D eigenvalue weighted by molar-refractivity contribution is 0.201. The van der Waals surface area contributed by atoms with Crippen LogP contribution in [0.3, 0.4) is 0 Å². The van der Waals surface area contributed by atoms with Gasteiger partial charge in [-0.05, 0) is 11.1 Å². The number of hydrogen-bond donors (Lipinski definition) is 0. The molecule has 196 valence electrons. The normalized spacial score (nSPS) is 47.0. The minimum atomic E-state index is -2.00. The monoisotopic (exact) mass is 804 g/mol. The fourth-order valence-electron chi connectivity index (χ4n) is 6.99. The molecule has 0 nitrogen and oxygen atoms in total. The van der Waals surface area contributed by atoms with Gasteiger partial charge < -0.3 is 0 Å². The molecule has 2 fully saturated rings. The van der Waals surface area contributed by atoms with Crippen molar-refractivity contribution in [1.82, 2.24) is 0 Å². The number of allylic oxidation sites excluding steroid dienone is 4. The van der Waals surface area contributed by atoms with Gasteiger partial charge in [-0.25, -0.2) is 0 Å². The molecule has 0 spiro atoms. The van der Waals surface area contributed by atoms with Gasteiger partial charge in [-0.2, -0.15) is 0 Å². The molecule has 2 saturated carbocycles. The van der Waals surface area contributed by atoms with Gasteiger partial charge >= 0.3 is 0 Å². The van der Waals surface area contributed by atoms with E-state index in [-0.39, 0.29) is 40.2 Å². The number of benzene rings is 1. The third-order valence-corrected chi connectivity index (χ3v) is 18.7. The molecule has 5 aliphatic rings. The highest BCUT2D eigenvalue weighted by atomic mass is 35.5. The van der Waals surface area contributed by atoms with Crippen LogP contribution in [-0.4, -0.2) is 28.2 Å². The van der Waals surface area contributed by atoms with Crippen LogP contribution in [0.1, 0.15) is 23.0 Å². The van der Waals surface area contributed by atoms with Crippen molar-refractivity contribution >= 4 is 186 Å². The molecule has 0 heterocycles. The van der Waals surface area contributed by atoms with Gasteiger partial charge in [0.25, 0.3) is 0 Å². The molecule has 1 aromatic rings. The molecule has 16 heteroatoms. The molecule has 0 amide bonds. The highest BCUT2D eigenvalue weighted by molar-refractivity contribution is 6.68. The molecule has 1 aromatic carbocycles. The van der Waals surface area contributed by atoms with Gasteiger partial charge in [0.15, 0.2) is 8.67 Å². The minimum absolute atomic E-state index is 0.000290. The van der Waals surface area contributed by atoms with Crippen molar-refractivity contribution in [3.05, 3.63) is 51.3 Å². The summed E-state index contributed by atoms with van der Waals surface area (Å²) in [6.45, 7) is 0. The van der Waals surface area contributed by atoms with Crippen LogP contribution in [0.4, 0.5) is 0 Å². The number of fused-ring (bicyclic) bond motifs is 14. The van der Waals surface area contributed by atoms with Crippen LogP contribution in [0, 0.1) is 11.8 Å². The van der Waals surface area contributed by atoms with Gasteiger partial charge in [-0.1, -0.05) is 139 Å². The van der Waals surface area contributed by atoms with E-state index in [0.29, 0.717) is 11.1 Å². The van der Waals surface area contributed by atoms with Gasteiger partial charge in [0.2, 0.25) is 0 Å². The molecule has 0 aromatic heterocycles. The molecule has 0 unspecified atom stereocenters. The average Bonchev–Trinajstić information content (AvgIpc) is 3.15. The number of alkyl halides is 8. The highest BCUT2D eigenvalue weighted by Crippen LogP contribution is 2.89.